The molecule has 17 heavy (non-hydrogen) atoms. The molecule has 1 aromatic carbocycles. The van der Waals surface area contributed by atoms with E-state index in [-0.39, 0.29) is 0 Å². The second-order valence-corrected chi connectivity index (χ2v) is 5.72. The van der Waals surface area contributed by atoms with Gasteiger partial charge in [0.05, 0.1) is 0 Å². The molecule has 0 bridgehead atoms. The van der Waals surface area contributed by atoms with Crippen molar-refractivity contribution in [1.82, 2.24) is 5.32 Å². The van der Waals surface area contributed by atoms with Crippen LogP contribution >= 0.6 is 0 Å². The minimum absolute atomic E-state index is 0.658. The van der Waals surface area contributed by atoms with Gasteiger partial charge >= 0.3 is 0 Å². The maximum atomic E-state index is 3.71. The fourth-order valence-corrected chi connectivity index (χ4v) is 3.22. The average molecular weight is 231 g/mol. The molecule has 3 unspecified atom stereocenters. The van der Waals surface area contributed by atoms with E-state index in [1.807, 2.05) is 0 Å². The van der Waals surface area contributed by atoms with E-state index in [1.54, 1.807) is 5.56 Å². The Kier molecular flexibility index (Phi) is 3.58. The van der Waals surface area contributed by atoms with E-state index >= 15 is 0 Å². The monoisotopic (exact) mass is 231 g/mol. The van der Waals surface area contributed by atoms with E-state index in [9.17, 15) is 0 Å². The topological polar surface area (TPSA) is 12.0 Å². The molecule has 1 heterocycles. The molecule has 1 nitrogen and oxygen atoms in total. The van der Waals surface area contributed by atoms with Crippen LogP contribution in [0.15, 0.2) is 12.1 Å². The molecule has 0 spiro atoms. The Balaban J connectivity index is 2.36. The molecule has 0 aromatic heterocycles. The highest BCUT2D eigenvalue weighted by Crippen LogP contribution is 2.35. The van der Waals surface area contributed by atoms with Gasteiger partial charge in [0.25, 0.3) is 0 Å². The molecular weight excluding hydrogens is 206 g/mol. The number of hydrogen-bond donors (Lipinski definition) is 1. The fraction of sp³-hybridized carbons (Fsp3) is 0.625. The largest absolute Gasteiger partial charge is 0.311 e. The summed E-state index contributed by atoms with van der Waals surface area (Å²) in [5.74, 6) is 0.703. The molecule has 1 aromatic rings. The maximum absolute atomic E-state index is 3.71. The van der Waals surface area contributed by atoms with Crippen molar-refractivity contribution < 1.29 is 0 Å². The molecule has 1 heteroatoms. The first-order valence-corrected chi connectivity index (χ1v) is 6.86. The summed E-state index contributed by atoms with van der Waals surface area (Å²) in [5, 5.41) is 3.71. The van der Waals surface area contributed by atoms with Gasteiger partial charge in [-0.2, -0.15) is 0 Å². The lowest BCUT2D eigenvalue weighted by molar-refractivity contribution is 0.516. The molecule has 0 amide bonds. The Hall–Kier alpha value is -0.820. The van der Waals surface area contributed by atoms with Crippen LogP contribution in [-0.4, -0.2) is 12.1 Å². The SMILES string of the molecule is CCC1NC(C)CC1c1cc(C)c(C)cc1C. The van der Waals surface area contributed by atoms with Crippen molar-refractivity contribution in [2.75, 3.05) is 0 Å². The summed E-state index contributed by atoms with van der Waals surface area (Å²) in [5.41, 5.74) is 5.88. The minimum atomic E-state index is 0.658. The zero-order valence-electron chi connectivity index (χ0n) is 11.8. The number of hydrogen-bond acceptors (Lipinski definition) is 1. The minimum Gasteiger partial charge on any atom is -0.311 e. The summed E-state index contributed by atoms with van der Waals surface area (Å²) in [6.07, 6.45) is 2.50. The van der Waals surface area contributed by atoms with Crippen LogP contribution in [0.25, 0.3) is 0 Å². The molecule has 1 fully saturated rings. The van der Waals surface area contributed by atoms with Gasteiger partial charge in [-0.15, -0.1) is 0 Å². The predicted octanol–water partition coefficient (Wildman–Crippen LogP) is 3.86. The van der Waals surface area contributed by atoms with Crippen LogP contribution < -0.4 is 5.32 Å². The van der Waals surface area contributed by atoms with Crippen LogP contribution in [-0.2, 0) is 0 Å². The molecule has 1 aliphatic heterocycles. The van der Waals surface area contributed by atoms with Crippen LogP contribution in [0.2, 0.25) is 0 Å². The third-order valence-corrected chi connectivity index (χ3v) is 4.31. The van der Waals surface area contributed by atoms with Gasteiger partial charge in [0, 0.05) is 18.0 Å². The molecule has 2 rings (SSSR count). The van der Waals surface area contributed by atoms with Crippen molar-refractivity contribution in [3.63, 3.8) is 0 Å². The van der Waals surface area contributed by atoms with E-state index in [1.165, 1.54) is 29.5 Å². The van der Waals surface area contributed by atoms with Gasteiger partial charge in [-0.3, -0.25) is 0 Å². The highest BCUT2D eigenvalue weighted by atomic mass is 15.0. The Morgan fingerprint density at radius 1 is 1.12 bits per heavy atom. The summed E-state index contributed by atoms with van der Waals surface area (Å²) < 4.78 is 0. The molecular formula is C16H25N. The fourth-order valence-electron chi connectivity index (χ4n) is 3.22. The van der Waals surface area contributed by atoms with Crippen molar-refractivity contribution >= 4 is 0 Å². The average Bonchev–Trinajstić information content (AvgIpc) is 2.64. The number of benzene rings is 1. The Labute approximate surface area is 106 Å². The zero-order valence-corrected chi connectivity index (χ0v) is 11.8. The van der Waals surface area contributed by atoms with Crippen LogP contribution in [0.5, 0.6) is 0 Å². The number of nitrogens with one attached hydrogen (secondary N) is 1. The second-order valence-electron chi connectivity index (χ2n) is 5.72. The normalized spacial score (nSPS) is 28.6. The zero-order chi connectivity index (χ0) is 12.6. The number of aryl methyl sites for hydroxylation is 3. The first kappa shape index (κ1) is 12.6. The van der Waals surface area contributed by atoms with Crippen molar-refractivity contribution in [2.45, 2.75) is 65.5 Å². The molecule has 94 valence electrons. The van der Waals surface area contributed by atoms with E-state index < -0.39 is 0 Å². The van der Waals surface area contributed by atoms with Gasteiger partial charge in [-0.25, -0.2) is 0 Å². The summed E-state index contributed by atoms with van der Waals surface area (Å²) in [4.78, 5) is 0. The van der Waals surface area contributed by atoms with Crippen molar-refractivity contribution in [1.29, 1.82) is 0 Å². The van der Waals surface area contributed by atoms with Gasteiger partial charge < -0.3 is 5.32 Å². The molecule has 0 radical (unpaired) electrons. The highest BCUT2D eigenvalue weighted by Gasteiger charge is 2.31. The first-order chi connectivity index (χ1) is 8.02. The lowest BCUT2D eigenvalue weighted by Gasteiger charge is -2.21. The van der Waals surface area contributed by atoms with Crippen LogP contribution in [0.1, 0.15) is 54.9 Å². The molecule has 3 atom stereocenters. The van der Waals surface area contributed by atoms with Crippen molar-refractivity contribution in [3.8, 4) is 0 Å². The summed E-state index contributed by atoms with van der Waals surface area (Å²) in [7, 11) is 0. The van der Waals surface area contributed by atoms with Crippen molar-refractivity contribution in [3.05, 3.63) is 34.4 Å². The van der Waals surface area contributed by atoms with Crippen LogP contribution in [0.3, 0.4) is 0 Å². The van der Waals surface area contributed by atoms with E-state index in [2.05, 4.69) is 52.1 Å². The summed E-state index contributed by atoms with van der Waals surface area (Å²) in [6, 6.07) is 6.08. The van der Waals surface area contributed by atoms with Gasteiger partial charge in [-0.05, 0) is 62.8 Å². The lowest BCUT2D eigenvalue weighted by atomic mass is 9.85. The highest BCUT2D eigenvalue weighted by molar-refractivity contribution is 5.39. The summed E-state index contributed by atoms with van der Waals surface area (Å²) in [6.45, 7) is 11.3. The van der Waals surface area contributed by atoms with E-state index in [0.717, 1.165) is 0 Å². The Morgan fingerprint density at radius 3 is 2.41 bits per heavy atom. The lowest BCUT2D eigenvalue weighted by Crippen LogP contribution is -2.28. The third kappa shape index (κ3) is 2.40. The predicted molar refractivity (Wildman–Crippen MR) is 74.7 cm³/mol. The van der Waals surface area contributed by atoms with Crippen LogP contribution in [0, 0.1) is 20.8 Å². The third-order valence-electron chi connectivity index (χ3n) is 4.31. The van der Waals surface area contributed by atoms with E-state index in [4.69, 9.17) is 0 Å². The molecule has 1 aliphatic rings. The van der Waals surface area contributed by atoms with Crippen LogP contribution in [0.4, 0.5) is 0 Å². The smallest absolute Gasteiger partial charge is 0.0136 e. The Bertz CT molecular complexity index is 408. The van der Waals surface area contributed by atoms with Gasteiger partial charge in [0.2, 0.25) is 0 Å². The maximum Gasteiger partial charge on any atom is 0.0136 e. The standard InChI is InChI=1S/C16H25N/c1-6-16-15(9-13(5)17-16)14-8-11(3)10(2)7-12(14)4/h7-8,13,15-17H,6,9H2,1-5H3. The van der Waals surface area contributed by atoms with Gasteiger partial charge in [0.15, 0.2) is 0 Å². The van der Waals surface area contributed by atoms with Gasteiger partial charge in [-0.1, -0.05) is 19.1 Å². The molecule has 1 saturated heterocycles. The molecule has 0 saturated carbocycles. The Morgan fingerprint density at radius 2 is 1.76 bits per heavy atom. The number of rotatable bonds is 2. The van der Waals surface area contributed by atoms with Gasteiger partial charge in [0.1, 0.15) is 0 Å². The van der Waals surface area contributed by atoms with Crippen molar-refractivity contribution in [2.24, 2.45) is 0 Å². The quantitative estimate of drug-likeness (QED) is 0.815. The second kappa shape index (κ2) is 4.81. The first-order valence-electron chi connectivity index (χ1n) is 6.86. The molecule has 1 N–H and O–H groups in total. The summed E-state index contributed by atoms with van der Waals surface area (Å²) >= 11 is 0. The van der Waals surface area contributed by atoms with E-state index in [0.29, 0.717) is 18.0 Å². The molecule has 0 aliphatic carbocycles.